The predicted molar refractivity (Wildman–Crippen MR) is 64.2 cm³/mol. The molecule has 0 amide bonds. The van der Waals surface area contributed by atoms with E-state index < -0.39 is 0 Å². The van der Waals surface area contributed by atoms with Crippen molar-refractivity contribution in [3.63, 3.8) is 0 Å². The molecular weight excluding hydrogens is 235 g/mol. The molecule has 0 aromatic carbocycles. The van der Waals surface area contributed by atoms with Gasteiger partial charge in [0.2, 0.25) is 5.95 Å². The van der Waals surface area contributed by atoms with Crippen LogP contribution in [0.25, 0.3) is 5.65 Å². The highest BCUT2D eigenvalue weighted by Crippen LogP contribution is 2.17. The zero-order chi connectivity index (χ0) is 12.7. The number of fused-ring (bicyclic) bond motifs is 1. The number of aromatic nitrogens is 5. The van der Waals surface area contributed by atoms with Crippen molar-refractivity contribution in [3.05, 3.63) is 36.0 Å². The number of halogens is 1. The molecule has 3 rings (SSSR count). The van der Waals surface area contributed by atoms with Gasteiger partial charge in [0.25, 0.3) is 0 Å². The predicted octanol–water partition coefficient (Wildman–Crippen LogP) is 1.65. The standard InChI is InChI=1S/C11H11FN6/c1-7-9(6-17(2)15-7)13-11-14-10-4-3-8(12)5-18(10)16-11/h3-6H,1-2H3,(H,13,16). The average molecular weight is 246 g/mol. The lowest BCUT2D eigenvalue weighted by Gasteiger charge is -1.96. The van der Waals surface area contributed by atoms with Gasteiger partial charge in [-0.15, -0.1) is 5.10 Å². The Hall–Kier alpha value is -2.44. The Morgan fingerprint density at radius 3 is 2.78 bits per heavy atom. The van der Waals surface area contributed by atoms with Crippen molar-refractivity contribution >= 4 is 17.3 Å². The molecule has 6 nitrogen and oxygen atoms in total. The minimum absolute atomic E-state index is 0.350. The van der Waals surface area contributed by atoms with Gasteiger partial charge < -0.3 is 5.32 Å². The normalized spacial score (nSPS) is 11.1. The molecule has 0 aliphatic heterocycles. The Bertz CT molecular complexity index is 713. The highest BCUT2D eigenvalue weighted by molar-refractivity contribution is 5.57. The average Bonchev–Trinajstić information content (AvgIpc) is 2.82. The fourth-order valence-corrected chi connectivity index (χ4v) is 1.75. The van der Waals surface area contributed by atoms with Gasteiger partial charge >= 0.3 is 0 Å². The van der Waals surface area contributed by atoms with Crippen molar-refractivity contribution in [2.24, 2.45) is 7.05 Å². The summed E-state index contributed by atoms with van der Waals surface area (Å²) < 4.78 is 16.1. The summed E-state index contributed by atoms with van der Waals surface area (Å²) in [4.78, 5) is 4.24. The van der Waals surface area contributed by atoms with Gasteiger partial charge in [0, 0.05) is 13.2 Å². The summed E-state index contributed by atoms with van der Waals surface area (Å²) in [7, 11) is 1.84. The second-order valence-corrected chi connectivity index (χ2v) is 4.01. The van der Waals surface area contributed by atoms with Gasteiger partial charge in [-0.1, -0.05) is 0 Å². The summed E-state index contributed by atoms with van der Waals surface area (Å²) in [6.45, 7) is 1.89. The molecular formula is C11H11FN6. The molecule has 0 spiro atoms. The summed E-state index contributed by atoms with van der Waals surface area (Å²) in [5.74, 6) is 0.0632. The first-order valence-electron chi connectivity index (χ1n) is 5.41. The number of pyridine rings is 1. The first-order chi connectivity index (χ1) is 8.61. The Morgan fingerprint density at radius 1 is 1.22 bits per heavy atom. The van der Waals surface area contributed by atoms with Crippen molar-refractivity contribution in [1.29, 1.82) is 0 Å². The van der Waals surface area contributed by atoms with Gasteiger partial charge in [-0.3, -0.25) is 4.68 Å². The van der Waals surface area contributed by atoms with Crippen molar-refractivity contribution in [2.45, 2.75) is 6.92 Å². The fourth-order valence-electron chi connectivity index (χ4n) is 1.75. The fraction of sp³-hybridized carbons (Fsp3) is 0.182. The van der Waals surface area contributed by atoms with Crippen LogP contribution in [0.5, 0.6) is 0 Å². The van der Waals surface area contributed by atoms with Crippen molar-refractivity contribution < 1.29 is 4.39 Å². The summed E-state index contributed by atoms with van der Waals surface area (Å²) in [6, 6.07) is 2.92. The number of nitrogens with zero attached hydrogens (tertiary/aromatic N) is 5. The molecule has 0 saturated carbocycles. The highest BCUT2D eigenvalue weighted by atomic mass is 19.1. The van der Waals surface area contributed by atoms with Crippen LogP contribution in [0.15, 0.2) is 24.5 Å². The van der Waals surface area contributed by atoms with Crippen LogP contribution >= 0.6 is 0 Å². The maximum absolute atomic E-state index is 13.0. The molecule has 0 aliphatic carbocycles. The molecule has 0 radical (unpaired) electrons. The Labute approximate surface area is 102 Å². The first kappa shape index (κ1) is 10.7. The van der Waals surface area contributed by atoms with Crippen molar-refractivity contribution in [3.8, 4) is 0 Å². The number of rotatable bonds is 2. The Morgan fingerprint density at radius 2 is 2.06 bits per heavy atom. The third-order valence-electron chi connectivity index (χ3n) is 2.55. The molecule has 0 saturated heterocycles. The minimum atomic E-state index is -0.350. The lowest BCUT2D eigenvalue weighted by molar-refractivity contribution is 0.615. The van der Waals surface area contributed by atoms with E-state index in [2.05, 4.69) is 20.5 Å². The van der Waals surface area contributed by atoms with E-state index in [0.717, 1.165) is 11.4 Å². The van der Waals surface area contributed by atoms with Gasteiger partial charge in [0.15, 0.2) is 5.65 Å². The van der Waals surface area contributed by atoms with Crippen molar-refractivity contribution in [2.75, 3.05) is 5.32 Å². The zero-order valence-electron chi connectivity index (χ0n) is 9.92. The van der Waals surface area contributed by atoms with E-state index in [1.165, 1.54) is 16.8 Å². The number of anilines is 2. The highest BCUT2D eigenvalue weighted by Gasteiger charge is 2.08. The molecule has 0 fully saturated rings. The van der Waals surface area contributed by atoms with Crippen LogP contribution in [0.3, 0.4) is 0 Å². The molecule has 1 N–H and O–H groups in total. The van der Waals surface area contributed by atoms with Gasteiger partial charge in [-0.25, -0.2) is 8.91 Å². The zero-order valence-corrected chi connectivity index (χ0v) is 9.92. The van der Waals surface area contributed by atoms with Crippen LogP contribution in [-0.4, -0.2) is 24.4 Å². The molecule has 3 aromatic rings. The molecule has 3 aromatic heterocycles. The SMILES string of the molecule is Cc1nn(C)cc1Nc1nc2ccc(F)cn2n1. The summed E-state index contributed by atoms with van der Waals surface area (Å²) in [6.07, 6.45) is 3.12. The second kappa shape index (κ2) is 3.80. The third kappa shape index (κ3) is 1.79. The molecule has 0 aliphatic rings. The lowest BCUT2D eigenvalue weighted by atomic mass is 10.4. The molecule has 0 unspecified atom stereocenters. The quantitative estimate of drug-likeness (QED) is 0.747. The molecule has 7 heteroatoms. The van der Waals surface area contributed by atoms with Crippen molar-refractivity contribution in [1.82, 2.24) is 24.4 Å². The van der Waals surface area contributed by atoms with Gasteiger partial charge in [0.05, 0.1) is 17.6 Å². The van der Waals surface area contributed by atoms with E-state index in [1.807, 2.05) is 20.2 Å². The van der Waals surface area contributed by atoms with Gasteiger partial charge in [-0.05, 0) is 19.1 Å². The molecule has 18 heavy (non-hydrogen) atoms. The van der Waals surface area contributed by atoms with E-state index in [-0.39, 0.29) is 5.82 Å². The monoisotopic (exact) mass is 246 g/mol. The summed E-state index contributed by atoms with van der Waals surface area (Å²) in [5, 5.41) is 11.4. The third-order valence-corrected chi connectivity index (χ3v) is 2.55. The number of hydrogen-bond acceptors (Lipinski definition) is 4. The van der Waals surface area contributed by atoms with Gasteiger partial charge in [0.1, 0.15) is 5.82 Å². The Balaban J connectivity index is 1.97. The van der Waals surface area contributed by atoms with E-state index in [4.69, 9.17) is 0 Å². The van der Waals surface area contributed by atoms with Crippen LogP contribution < -0.4 is 5.32 Å². The van der Waals surface area contributed by atoms with E-state index in [0.29, 0.717) is 11.6 Å². The second-order valence-electron chi connectivity index (χ2n) is 4.01. The summed E-state index contributed by atoms with van der Waals surface area (Å²) >= 11 is 0. The van der Waals surface area contributed by atoms with E-state index in [1.54, 1.807) is 10.7 Å². The lowest BCUT2D eigenvalue weighted by Crippen LogP contribution is -1.93. The number of nitrogens with one attached hydrogen (secondary N) is 1. The van der Waals surface area contributed by atoms with Crippen LogP contribution in [0.4, 0.5) is 16.0 Å². The maximum atomic E-state index is 13.0. The number of hydrogen-bond donors (Lipinski definition) is 1. The molecule has 0 atom stereocenters. The van der Waals surface area contributed by atoms with Crippen LogP contribution in [0, 0.1) is 12.7 Å². The van der Waals surface area contributed by atoms with E-state index >= 15 is 0 Å². The largest absolute Gasteiger partial charge is 0.320 e. The molecule has 92 valence electrons. The first-order valence-corrected chi connectivity index (χ1v) is 5.41. The van der Waals surface area contributed by atoms with Crippen LogP contribution in [0.2, 0.25) is 0 Å². The van der Waals surface area contributed by atoms with E-state index in [9.17, 15) is 4.39 Å². The van der Waals surface area contributed by atoms with Crippen LogP contribution in [0.1, 0.15) is 5.69 Å². The molecule has 3 heterocycles. The Kier molecular flexibility index (Phi) is 2.26. The number of aryl methyl sites for hydroxylation is 2. The maximum Gasteiger partial charge on any atom is 0.247 e. The van der Waals surface area contributed by atoms with Gasteiger partial charge in [-0.2, -0.15) is 10.1 Å². The smallest absolute Gasteiger partial charge is 0.247 e. The summed E-state index contributed by atoms with van der Waals surface area (Å²) in [5.41, 5.74) is 2.26. The molecule has 0 bridgehead atoms. The topological polar surface area (TPSA) is 60.0 Å². The minimum Gasteiger partial charge on any atom is -0.320 e. The van der Waals surface area contributed by atoms with Crippen LogP contribution in [-0.2, 0) is 7.05 Å².